The predicted molar refractivity (Wildman–Crippen MR) is 113 cm³/mol. The first-order chi connectivity index (χ1) is 15.9. The molecule has 1 aliphatic heterocycles. The summed E-state index contributed by atoms with van der Waals surface area (Å²) in [4.78, 5) is 50.7. The Bertz CT molecular complexity index is 1230. The van der Waals surface area contributed by atoms with Crippen molar-refractivity contribution >= 4 is 17.8 Å². The van der Waals surface area contributed by atoms with Gasteiger partial charge in [0.25, 0.3) is 11.8 Å². The first-order valence-electron chi connectivity index (χ1n) is 10.7. The van der Waals surface area contributed by atoms with Gasteiger partial charge in [0.05, 0.1) is 11.3 Å². The van der Waals surface area contributed by atoms with Crippen molar-refractivity contribution in [3.8, 4) is 5.69 Å². The van der Waals surface area contributed by atoms with Crippen molar-refractivity contribution in [2.45, 2.75) is 51.2 Å². The molecule has 0 atom stereocenters. The zero-order valence-corrected chi connectivity index (χ0v) is 18.4. The van der Waals surface area contributed by atoms with Crippen LogP contribution in [0.1, 0.15) is 54.4 Å². The lowest BCUT2D eigenvalue weighted by Crippen LogP contribution is -2.52. The van der Waals surface area contributed by atoms with E-state index in [0.717, 1.165) is 35.7 Å². The van der Waals surface area contributed by atoms with Crippen LogP contribution < -0.4 is 16.2 Å². The number of alkyl halides is 3. The standard InChI is InChI=1S/C22H22F3N5O4/c1-12-7-9-21(10-8-12)19(33)30(20(34)26-21)28-18(32)17-16(31)11-13(2)29(27-17)15-6-4-3-5-14(15)22(23,24)25/h3-6,11-12H,7-10H2,1-2H3,(H,26,34)(H,28,32). The number of carbonyl (C=O) groups excluding carboxylic acids is 3. The van der Waals surface area contributed by atoms with Crippen LogP contribution in [0.3, 0.4) is 0 Å². The molecule has 2 heterocycles. The summed E-state index contributed by atoms with van der Waals surface area (Å²) in [6, 6.07) is 4.69. The molecule has 2 aliphatic rings. The fourth-order valence-electron chi connectivity index (χ4n) is 4.32. The molecule has 34 heavy (non-hydrogen) atoms. The highest BCUT2D eigenvalue weighted by atomic mass is 19.4. The average molecular weight is 477 g/mol. The highest BCUT2D eigenvalue weighted by Crippen LogP contribution is 2.36. The van der Waals surface area contributed by atoms with E-state index in [4.69, 9.17) is 0 Å². The van der Waals surface area contributed by atoms with Crippen molar-refractivity contribution in [3.63, 3.8) is 0 Å². The third-order valence-corrected chi connectivity index (χ3v) is 6.26. The molecule has 4 rings (SSSR count). The van der Waals surface area contributed by atoms with Gasteiger partial charge in [0.15, 0.2) is 5.69 Å². The Morgan fingerprint density at radius 3 is 2.47 bits per heavy atom. The van der Waals surface area contributed by atoms with E-state index in [0.29, 0.717) is 23.8 Å². The Balaban J connectivity index is 1.65. The molecule has 1 spiro atoms. The Labute approximate surface area is 191 Å². The molecule has 1 aromatic carbocycles. The van der Waals surface area contributed by atoms with Crippen molar-refractivity contribution in [2.75, 3.05) is 0 Å². The van der Waals surface area contributed by atoms with E-state index in [-0.39, 0.29) is 11.4 Å². The Kier molecular flexibility index (Phi) is 5.70. The van der Waals surface area contributed by atoms with Gasteiger partial charge in [-0.3, -0.25) is 19.8 Å². The van der Waals surface area contributed by atoms with Crippen molar-refractivity contribution in [1.29, 1.82) is 0 Å². The number of hydrogen-bond acceptors (Lipinski definition) is 5. The number of benzene rings is 1. The van der Waals surface area contributed by atoms with Crippen molar-refractivity contribution in [2.24, 2.45) is 5.92 Å². The summed E-state index contributed by atoms with van der Waals surface area (Å²) in [7, 11) is 0. The second kappa shape index (κ2) is 8.26. The number of aromatic nitrogens is 2. The highest BCUT2D eigenvalue weighted by Gasteiger charge is 2.53. The summed E-state index contributed by atoms with van der Waals surface area (Å²) in [5.41, 5.74) is -1.99. The quantitative estimate of drug-likeness (QED) is 0.660. The highest BCUT2D eigenvalue weighted by molar-refractivity contribution is 6.09. The third kappa shape index (κ3) is 4.03. The van der Waals surface area contributed by atoms with Gasteiger partial charge >= 0.3 is 12.2 Å². The smallest absolute Gasteiger partial charge is 0.322 e. The predicted octanol–water partition coefficient (Wildman–Crippen LogP) is 2.71. The van der Waals surface area contributed by atoms with Gasteiger partial charge < -0.3 is 5.32 Å². The molecular formula is C22H22F3N5O4. The molecule has 2 aromatic rings. The maximum absolute atomic E-state index is 13.5. The molecule has 0 unspecified atom stereocenters. The lowest BCUT2D eigenvalue weighted by molar-refractivity contribution is -0.137. The fourth-order valence-corrected chi connectivity index (χ4v) is 4.32. The van der Waals surface area contributed by atoms with Gasteiger partial charge in [-0.2, -0.15) is 23.3 Å². The number of hydrogen-bond donors (Lipinski definition) is 2. The molecule has 2 fully saturated rings. The van der Waals surface area contributed by atoms with Crippen molar-refractivity contribution < 1.29 is 27.6 Å². The Hall–Kier alpha value is -3.70. The molecule has 1 aromatic heterocycles. The first-order valence-corrected chi connectivity index (χ1v) is 10.7. The lowest BCUT2D eigenvalue weighted by Gasteiger charge is -2.33. The largest absolute Gasteiger partial charge is 0.418 e. The number of nitrogens with one attached hydrogen (secondary N) is 2. The van der Waals surface area contributed by atoms with Crippen LogP contribution in [0.25, 0.3) is 5.69 Å². The summed E-state index contributed by atoms with van der Waals surface area (Å²) < 4.78 is 41.3. The molecule has 0 bridgehead atoms. The average Bonchev–Trinajstić information content (AvgIpc) is 2.99. The topological polar surface area (TPSA) is 113 Å². The van der Waals surface area contributed by atoms with Crippen LogP contribution in [-0.2, 0) is 11.0 Å². The van der Waals surface area contributed by atoms with E-state index in [1.165, 1.54) is 19.1 Å². The van der Waals surface area contributed by atoms with Crippen LogP contribution in [0.4, 0.5) is 18.0 Å². The van der Waals surface area contributed by atoms with Crippen molar-refractivity contribution in [1.82, 2.24) is 25.5 Å². The molecule has 1 aliphatic carbocycles. The van der Waals surface area contributed by atoms with Crippen LogP contribution in [0.15, 0.2) is 35.1 Å². The molecule has 1 saturated carbocycles. The van der Waals surface area contributed by atoms with E-state index >= 15 is 0 Å². The molecular weight excluding hydrogens is 455 g/mol. The van der Waals surface area contributed by atoms with Gasteiger partial charge in [-0.25, -0.2) is 9.48 Å². The lowest BCUT2D eigenvalue weighted by atomic mass is 9.77. The second-order valence-electron chi connectivity index (χ2n) is 8.70. The van der Waals surface area contributed by atoms with Gasteiger partial charge in [-0.15, -0.1) is 0 Å². The number of amides is 4. The molecule has 1 saturated heterocycles. The monoisotopic (exact) mass is 477 g/mol. The van der Waals surface area contributed by atoms with E-state index in [1.807, 2.05) is 6.92 Å². The minimum Gasteiger partial charge on any atom is -0.322 e. The summed E-state index contributed by atoms with van der Waals surface area (Å²) in [5, 5.41) is 6.98. The van der Waals surface area contributed by atoms with Gasteiger partial charge in [0.2, 0.25) is 5.43 Å². The summed E-state index contributed by atoms with van der Waals surface area (Å²) in [5.74, 6) is -1.44. The number of aryl methyl sites for hydroxylation is 1. The summed E-state index contributed by atoms with van der Waals surface area (Å²) >= 11 is 0. The van der Waals surface area contributed by atoms with Crippen LogP contribution in [0.2, 0.25) is 0 Å². The normalized spacial score (nSPS) is 22.7. The number of urea groups is 1. The minimum atomic E-state index is -4.71. The third-order valence-electron chi connectivity index (χ3n) is 6.26. The van der Waals surface area contributed by atoms with Gasteiger partial charge in [0, 0.05) is 11.8 Å². The maximum Gasteiger partial charge on any atom is 0.418 e. The van der Waals surface area contributed by atoms with Crippen LogP contribution >= 0.6 is 0 Å². The summed E-state index contributed by atoms with van der Waals surface area (Å²) in [6.45, 7) is 3.41. The Morgan fingerprint density at radius 1 is 1.18 bits per heavy atom. The number of imide groups is 1. The number of nitrogens with zero attached hydrogens (tertiary/aromatic N) is 3. The van der Waals surface area contributed by atoms with Crippen LogP contribution in [0, 0.1) is 12.8 Å². The van der Waals surface area contributed by atoms with E-state index < -0.39 is 46.2 Å². The molecule has 2 N–H and O–H groups in total. The van der Waals surface area contributed by atoms with Crippen molar-refractivity contribution in [3.05, 3.63) is 57.5 Å². The second-order valence-corrected chi connectivity index (χ2v) is 8.70. The number of rotatable bonds is 3. The number of hydrazine groups is 1. The van der Waals surface area contributed by atoms with Crippen LogP contribution in [-0.4, -0.2) is 38.2 Å². The van der Waals surface area contributed by atoms with Gasteiger partial charge in [-0.05, 0) is 50.7 Å². The van der Waals surface area contributed by atoms with Gasteiger partial charge in [-0.1, -0.05) is 19.1 Å². The molecule has 9 nitrogen and oxygen atoms in total. The number of halogens is 3. The van der Waals surface area contributed by atoms with Gasteiger partial charge in [0.1, 0.15) is 5.54 Å². The molecule has 4 amide bonds. The fraction of sp³-hybridized carbons (Fsp3) is 0.409. The van der Waals surface area contributed by atoms with Crippen LogP contribution in [0.5, 0.6) is 0 Å². The Morgan fingerprint density at radius 2 is 1.82 bits per heavy atom. The zero-order chi connectivity index (χ0) is 24.8. The molecule has 12 heteroatoms. The number of para-hydroxylation sites is 1. The minimum absolute atomic E-state index is 0.0588. The summed E-state index contributed by atoms with van der Waals surface area (Å²) in [6.07, 6.45) is -2.45. The number of carbonyl (C=O) groups is 3. The SMILES string of the molecule is Cc1cc(=O)c(C(=O)NN2C(=O)NC3(CCC(C)CC3)C2=O)nn1-c1ccccc1C(F)(F)F. The first kappa shape index (κ1) is 23.5. The molecule has 0 radical (unpaired) electrons. The van der Waals surface area contributed by atoms with E-state index in [9.17, 15) is 32.3 Å². The van der Waals surface area contributed by atoms with E-state index in [2.05, 4.69) is 15.8 Å². The zero-order valence-electron chi connectivity index (χ0n) is 18.4. The maximum atomic E-state index is 13.5. The molecule has 180 valence electrons. The van der Waals surface area contributed by atoms with E-state index in [1.54, 1.807) is 0 Å².